The van der Waals surface area contributed by atoms with Gasteiger partial charge in [-0.05, 0) is 48.2 Å². The summed E-state index contributed by atoms with van der Waals surface area (Å²) in [5, 5.41) is 15.7. The minimum Gasteiger partial charge on any atom is -0.597 e. The van der Waals surface area contributed by atoms with Gasteiger partial charge in [-0.2, -0.15) is 0 Å². The summed E-state index contributed by atoms with van der Waals surface area (Å²) in [4.78, 5) is 19.2. The highest BCUT2D eigenvalue weighted by Crippen LogP contribution is 2.50. The van der Waals surface area contributed by atoms with Gasteiger partial charge >= 0.3 is 0 Å². The maximum Gasteiger partial charge on any atom is 0.298 e. The van der Waals surface area contributed by atoms with E-state index in [-0.39, 0.29) is 26.2 Å². The molecule has 0 radical (unpaired) electrons. The molecule has 12 heteroatoms. The zero-order chi connectivity index (χ0) is 25.3. The van der Waals surface area contributed by atoms with Gasteiger partial charge in [0.15, 0.2) is 11.4 Å². The predicted molar refractivity (Wildman–Crippen MR) is 132 cm³/mol. The summed E-state index contributed by atoms with van der Waals surface area (Å²) in [7, 11) is -3.02. The molecule has 0 aromatic heterocycles. The number of carbonyl (C=O) groups is 1. The fourth-order valence-corrected chi connectivity index (χ4v) is 5.96. The van der Waals surface area contributed by atoms with E-state index in [0.717, 1.165) is 9.87 Å². The first kappa shape index (κ1) is 24.8. The van der Waals surface area contributed by atoms with E-state index in [2.05, 4.69) is 10.1 Å². The van der Waals surface area contributed by atoms with Gasteiger partial charge in [-0.15, -0.1) is 0 Å². The molecule has 0 spiro atoms. The largest absolute Gasteiger partial charge is 0.597 e. The molecule has 1 heterocycles. The minimum atomic E-state index is -4.19. The number of hydroxylamine groups is 1. The quantitative estimate of drug-likeness (QED) is 0.249. The molecule has 1 atom stereocenters. The second-order valence-corrected chi connectivity index (χ2v) is 10.3. The lowest BCUT2D eigenvalue weighted by molar-refractivity contribution is -0.546. The summed E-state index contributed by atoms with van der Waals surface area (Å²) in [5.41, 5.74) is 1.73. The molecule has 0 bridgehead atoms. The van der Waals surface area contributed by atoms with Crippen molar-refractivity contribution < 1.29 is 22.9 Å². The van der Waals surface area contributed by atoms with Crippen LogP contribution in [0.15, 0.2) is 76.9 Å². The molecule has 0 N–H and O–H groups in total. The number of hydrogen-bond acceptors (Lipinski definition) is 6. The average Bonchev–Trinajstić information content (AvgIpc) is 3.15. The van der Waals surface area contributed by atoms with Crippen molar-refractivity contribution in [2.24, 2.45) is 5.28 Å². The Morgan fingerprint density at radius 3 is 2.37 bits per heavy atom. The smallest absolute Gasteiger partial charge is 0.298 e. The molecular weight excluding hydrogens is 515 g/mol. The van der Waals surface area contributed by atoms with Crippen molar-refractivity contribution >= 4 is 50.5 Å². The molecule has 4 rings (SSSR count). The Balaban J connectivity index is 1.95. The van der Waals surface area contributed by atoms with Gasteiger partial charge in [-0.1, -0.05) is 59.1 Å². The van der Waals surface area contributed by atoms with E-state index in [9.17, 15) is 18.4 Å². The van der Waals surface area contributed by atoms with Crippen molar-refractivity contribution in [1.29, 1.82) is 0 Å². The van der Waals surface area contributed by atoms with Crippen LogP contribution < -0.4 is 9.21 Å². The Kier molecular flexibility index (Phi) is 6.88. The van der Waals surface area contributed by atoms with E-state index in [1.165, 1.54) is 30.2 Å². The van der Waals surface area contributed by atoms with Crippen LogP contribution in [0, 0.1) is 12.1 Å². The number of fused-ring (bicyclic) bond motifs is 1. The fraction of sp³-hybridized carbons (Fsp3) is 0.174. The number of sulfonamides is 1. The summed E-state index contributed by atoms with van der Waals surface area (Å²) >= 11 is 12.6. The number of aryl methyl sites for hydroxylation is 1. The van der Waals surface area contributed by atoms with Crippen LogP contribution >= 0.6 is 23.2 Å². The first-order valence-corrected chi connectivity index (χ1v) is 12.5. The molecule has 1 aliphatic rings. The van der Waals surface area contributed by atoms with Crippen LogP contribution in [0.4, 0.5) is 11.4 Å². The fourth-order valence-electron chi connectivity index (χ4n) is 3.87. The van der Waals surface area contributed by atoms with E-state index < -0.39 is 28.6 Å². The third-order valence-corrected chi connectivity index (χ3v) is 7.72. The van der Waals surface area contributed by atoms with E-state index in [1.807, 2.05) is 6.92 Å². The van der Waals surface area contributed by atoms with E-state index in [4.69, 9.17) is 23.2 Å². The minimum absolute atomic E-state index is 0.0297. The zero-order valence-electron chi connectivity index (χ0n) is 18.6. The highest BCUT2D eigenvalue weighted by molar-refractivity contribution is 7.92. The molecule has 0 saturated heterocycles. The van der Waals surface area contributed by atoms with Crippen LogP contribution in [0.1, 0.15) is 17.3 Å². The normalized spacial score (nSPS) is 15.8. The van der Waals surface area contributed by atoms with Crippen LogP contribution in [0.3, 0.4) is 0 Å². The summed E-state index contributed by atoms with van der Waals surface area (Å²) in [6.45, 7) is 1.13. The van der Waals surface area contributed by atoms with E-state index in [1.54, 1.807) is 48.5 Å². The Morgan fingerprint density at radius 1 is 1.09 bits per heavy atom. The highest BCUT2D eigenvalue weighted by atomic mass is 35.5. The summed E-state index contributed by atoms with van der Waals surface area (Å²) in [5.74, 6) is -0.717. The number of nitrogens with zero attached hydrogens (tertiary/aromatic N) is 4. The number of para-hydroxylation sites is 2. The molecule has 0 saturated carbocycles. The number of benzene rings is 3. The molecule has 1 aliphatic heterocycles. The Labute approximate surface area is 212 Å². The third kappa shape index (κ3) is 4.64. The number of amides is 1. The molecule has 182 valence electrons. The number of anilines is 2. The van der Waals surface area contributed by atoms with Crippen LogP contribution in [-0.4, -0.2) is 32.8 Å². The van der Waals surface area contributed by atoms with Gasteiger partial charge in [0, 0.05) is 15.6 Å². The van der Waals surface area contributed by atoms with Crippen molar-refractivity contribution in [2.75, 3.05) is 22.9 Å². The molecule has 3 aromatic rings. The SMILES string of the molecule is CO/N=[N+](\[O-])CC(=O)N1c2ccccc2N(S(=O)(=O)c2ccc(C)cc2)C1c1ccc(Cl)cc1Cl. The van der Waals surface area contributed by atoms with Gasteiger partial charge in [0.25, 0.3) is 22.5 Å². The van der Waals surface area contributed by atoms with Crippen molar-refractivity contribution in [2.45, 2.75) is 18.0 Å². The van der Waals surface area contributed by atoms with Gasteiger partial charge in [0.2, 0.25) is 0 Å². The van der Waals surface area contributed by atoms with Crippen LogP contribution in [-0.2, 0) is 19.7 Å². The lowest BCUT2D eigenvalue weighted by atomic mass is 10.1. The molecule has 9 nitrogen and oxygen atoms in total. The average molecular weight is 535 g/mol. The molecule has 1 amide bonds. The standard InChI is InChI=1S/C23H20Cl2N4O5S/c1-15-7-10-17(11-8-15)35(32,33)29-21-6-4-3-5-20(21)28(22(30)14-27(31)26-34-2)23(29)18-12-9-16(24)13-19(18)25/h3-13,23H,14H2,1-2H3/b27-26-. The van der Waals surface area contributed by atoms with Crippen LogP contribution in [0.5, 0.6) is 0 Å². The summed E-state index contributed by atoms with van der Waals surface area (Å²) in [6.07, 6.45) is -1.23. The number of hydrogen-bond donors (Lipinski definition) is 0. The molecule has 35 heavy (non-hydrogen) atoms. The first-order valence-electron chi connectivity index (χ1n) is 10.3. The lowest BCUT2D eigenvalue weighted by Gasteiger charge is -2.31. The second-order valence-electron chi connectivity index (χ2n) is 7.68. The van der Waals surface area contributed by atoms with E-state index >= 15 is 0 Å². The van der Waals surface area contributed by atoms with Crippen molar-refractivity contribution in [3.63, 3.8) is 0 Å². The first-order chi connectivity index (χ1) is 16.6. The maximum absolute atomic E-state index is 14.0. The molecule has 3 aromatic carbocycles. The molecule has 1 unspecified atom stereocenters. The molecule has 0 aliphatic carbocycles. The van der Waals surface area contributed by atoms with Gasteiger partial charge in [-0.3, -0.25) is 9.69 Å². The van der Waals surface area contributed by atoms with Gasteiger partial charge < -0.3 is 10.0 Å². The van der Waals surface area contributed by atoms with E-state index in [0.29, 0.717) is 10.6 Å². The molecular formula is C23H20Cl2N4O5S. The van der Waals surface area contributed by atoms with Gasteiger partial charge in [-0.25, -0.2) is 12.7 Å². The number of halogens is 2. The third-order valence-electron chi connectivity index (χ3n) is 5.38. The number of rotatable bonds is 6. The highest BCUT2D eigenvalue weighted by Gasteiger charge is 2.48. The Bertz CT molecular complexity index is 1410. The topological polar surface area (TPSA) is 105 Å². The monoisotopic (exact) mass is 534 g/mol. The molecule has 0 fully saturated rings. The lowest BCUT2D eigenvalue weighted by Crippen LogP contribution is -2.44. The zero-order valence-corrected chi connectivity index (χ0v) is 21.0. The second kappa shape index (κ2) is 9.73. The van der Waals surface area contributed by atoms with Gasteiger partial charge in [0.1, 0.15) is 7.11 Å². The van der Waals surface area contributed by atoms with Gasteiger partial charge in [0.05, 0.1) is 16.3 Å². The van der Waals surface area contributed by atoms with Crippen molar-refractivity contribution in [1.82, 2.24) is 0 Å². The van der Waals surface area contributed by atoms with Crippen LogP contribution in [0.25, 0.3) is 0 Å². The maximum atomic E-state index is 14.0. The Morgan fingerprint density at radius 2 is 1.74 bits per heavy atom. The predicted octanol–water partition coefficient (Wildman–Crippen LogP) is 5.07. The van der Waals surface area contributed by atoms with Crippen molar-refractivity contribution in [3.05, 3.63) is 93.1 Å². The number of carbonyl (C=O) groups excluding carboxylic acids is 1. The Hall–Kier alpha value is -3.34. The van der Waals surface area contributed by atoms with Crippen LogP contribution in [0.2, 0.25) is 10.0 Å². The summed E-state index contributed by atoms with van der Waals surface area (Å²) in [6, 6.07) is 17.4. The summed E-state index contributed by atoms with van der Waals surface area (Å²) < 4.78 is 29.1. The van der Waals surface area contributed by atoms with Crippen molar-refractivity contribution in [3.8, 4) is 0 Å².